The molecule has 0 aromatic carbocycles. The van der Waals surface area contributed by atoms with Gasteiger partial charge >= 0.3 is 5.97 Å². The Balaban J connectivity index is 2.65. The van der Waals surface area contributed by atoms with Crippen LogP contribution in [0.5, 0.6) is 0 Å². The molecule has 0 spiro atoms. The van der Waals surface area contributed by atoms with Crippen molar-refractivity contribution < 1.29 is 19.2 Å². The number of carboxylic acid groups (broad SMARTS) is 1. The van der Waals surface area contributed by atoms with Gasteiger partial charge in [0.15, 0.2) is 0 Å². The van der Waals surface area contributed by atoms with Crippen molar-refractivity contribution in [1.82, 2.24) is 10.5 Å². The van der Waals surface area contributed by atoms with Crippen LogP contribution in [0.2, 0.25) is 0 Å². The van der Waals surface area contributed by atoms with Crippen LogP contribution in [-0.4, -0.2) is 27.7 Å². The molecule has 0 saturated heterocycles. The fourth-order valence-electron chi connectivity index (χ4n) is 1.74. The Hall–Kier alpha value is -1.85. The predicted molar refractivity (Wildman–Crippen MR) is 64.0 cm³/mol. The first-order valence-electron chi connectivity index (χ1n) is 5.84. The second kappa shape index (κ2) is 5.66. The SMILES string of the molecule is CCCC(C)(NC(=O)Cc1cc(C)on1)C(=O)O. The first-order chi connectivity index (χ1) is 8.37. The lowest BCUT2D eigenvalue weighted by Gasteiger charge is -2.25. The Morgan fingerprint density at radius 1 is 1.56 bits per heavy atom. The predicted octanol–water partition coefficient (Wildman–Crippen LogP) is 1.29. The molecule has 1 unspecified atom stereocenters. The summed E-state index contributed by atoms with van der Waals surface area (Å²) in [7, 11) is 0. The van der Waals surface area contributed by atoms with E-state index in [2.05, 4.69) is 10.5 Å². The highest BCUT2D eigenvalue weighted by atomic mass is 16.5. The third kappa shape index (κ3) is 3.58. The molecular formula is C12H18N2O4. The van der Waals surface area contributed by atoms with Crippen LogP contribution in [0, 0.1) is 6.92 Å². The summed E-state index contributed by atoms with van der Waals surface area (Å²) in [5.74, 6) is -0.789. The van der Waals surface area contributed by atoms with Gasteiger partial charge < -0.3 is 14.9 Å². The first kappa shape index (κ1) is 14.2. The van der Waals surface area contributed by atoms with Crippen molar-refractivity contribution in [2.45, 2.75) is 45.6 Å². The molecule has 1 aromatic rings. The van der Waals surface area contributed by atoms with Gasteiger partial charge in [0.25, 0.3) is 0 Å². The van der Waals surface area contributed by atoms with Gasteiger partial charge in [0, 0.05) is 6.07 Å². The number of hydrogen-bond donors (Lipinski definition) is 2. The van der Waals surface area contributed by atoms with Gasteiger partial charge in [-0.25, -0.2) is 4.79 Å². The van der Waals surface area contributed by atoms with Crippen LogP contribution in [0.25, 0.3) is 0 Å². The van der Waals surface area contributed by atoms with Crippen molar-refractivity contribution in [3.8, 4) is 0 Å². The second-order valence-corrected chi connectivity index (χ2v) is 4.54. The van der Waals surface area contributed by atoms with Gasteiger partial charge in [0.2, 0.25) is 5.91 Å². The Labute approximate surface area is 105 Å². The van der Waals surface area contributed by atoms with Crippen molar-refractivity contribution in [2.75, 3.05) is 0 Å². The summed E-state index contributed by atoms with van der Waals surface area (Å²) in [4.78, 5) is 22.9. The number of nitrogens with zero attached hydrogens (tertiary/aromatic N) is 1. The highest BCUT2D eigenvalue weighted by Crippen LogP contribution is 2.13. The highest BCUT2D eigenvalue weighted by molar-refractivity contribution is 5.87. The van der Waals surface area contributed by atoms with Crippen molar-refractivity contribution >= 4 is 11.9 Å². The Morgan fingerprint density at radius 2 is 2.22 bits per heavy atom. The zero-order valence-electron chi connectivity index (χ0n) is 10.8. The Kier molecular flexibility index (Phi) is 4.47. The number of aliphatic carboxylic acids is 1. The minimum absolute atomic E-state index is 0.0178. The third-order valence-electron chi connectivity index (χ3n) is 2.66. The molecule has 0 saturated carbocycles. The summed E-state index contributed by atoms with van der Waals surface area (Å²) >= 11 is 0. The summed E-state index contributed by atoms with van der Waals surface area (Å²) in [6.07, 6.45) is 1.07. The second-order valence-electron chi connectivity index (χ2n) is 4.54. The fourth-order valence-corrected chi connectivity index (χ4v) is 1.74. The topological polar surface area (TPSA) is 92.4 Å². The van der Waals surface area contributed by atoms with Gasteiger partial charge in [-0.3, -0.25) is 4.79 Å². The molecule has 0 fully saturated rings. The van der Waals surface area contributed by atoms with E-state index < -0.39 is 11.5 Å². The molecule has 1 atom stereocenters. The molecule has 0 aliphatic carbocycles. The number of rotatable bonds is 6. The normalized spacial score (nSPS) is 13.9. The molecule has 0 radical (unpaired) electrons. The number of nitrogens with one attached hydrogen (secondary N) is 1. The summed E-state index contributed by atoms with van der Waals surface area (Å²) in [6, 6.07) is 1.65. The largest absolute Gasteiger partial charge is 0.480 e. The number of hydrogen-bond acceptors (Lipinski definition) is 4. The number of aromatic nitrogens is 1. The lowest BCUT2D eigenvalue weighted by molar-refractivity contribution is -0.147. The number of amides is 1. The molecule has 1 rings (SSSR count). The number of carbonyl (C=O) groups excluding carboxylic acids is 1. The monoisotopic (exact) mass is 254 g/mol. The standard InChI is InChI=1S/C12H18N2O4/c1-4-5-12(3,11(16)17)13-10(15)7-9-6-8(2)18-14-9/h6H,4-5,7H2,1-3H3,(H,13,15)(H,16,17). The first-order valence-corrected chi connectivity index (χ1v) is 5.84. The molecular weight excluding hydrogens is 236 g/mol. The molecule has 0 bridgehead atoms. The summed E-state index contributed by atoms with van der Waals surface area (Å²) < 4.78 is 4.84. The van der Waals surface area contributed by atoms with E-state index in [9.17, 15) is 9.59 Å². The smallest absolute Gasteiger partial charge is 0.329 e. The molecule has 1 heterocycles. The van der Waals surface area contributed by atoms with E-state index in [1.807, 2.05) is 6.92 Å². The van der Waals surface area contributed by atoms with Gasteiger partial charge in [-0.2, -0.15) is 0 Å². The zero-order chi connectivity index (χ0) is 13.8. The molecule has 1 aromatic heterocycles. The molecule has 6 heteroatoms. The number of carboxylic acids is 1. The van der Waals surface area contributed by atoms with Gasteiger partial charge in [-0.15, -0.1) is 0 Å². The summed E-state index contributed by atoms with van der Waals surface area (Å²) in [6.45, 7) is 5.10. The van der Waals surface area contributed by atoms with E-state index in [4.69, 9.17) is 9.63 Å². The quantitative estimate of drug-likeness (QED) is 0.797. The van der Waals surface area contributed by atoms with Gasteiger partial charge in [-0.1, -0.05) is 18.5 Å². The van der Waals surface area contributed by atoms with Crippen LogP contribution in [0.3, 0.4) is 0 Å². The minimum Gasteiger partial charge on any atom is -0.480 e. The van der Waals surface area contributed by atoms with Crippen molar-refractivity contribution in [1.29, 1.82) is 0 Å². The van der Waals surface area contributed by atoms with Crippen molar-refractivity contribution in [3.63, 3.8) is 0 Å². The van der Waals surface area contributed by atoms with Gasteiger partial charge in [0.05, 0.1) is 12.1 Å². The van der Waals surface area contributed by atoms with E-state index in [1.54, 1.807) is 13.0 Å². The molecule has 100 valence electrons. The van der Waals surface area contributed by atoms with Crippen LogP contribution < -0.4 is 5.32 Å². The van der Waals surface area contributed by atoms with Crippen LogP contribution in [0.15, 0.2) is 10.6 Å². The van der Waals surface area contributed by atoms with E-state index in [0.717, 1.165) is 0 Å². The molecule has 6 nitrogen and oxygen atoms in total. The van der Waals surface area contributed by atoms with E-state index in [1.165, 1.54) is 6.92 Å². The van der Waals surface area contributed by atoms with Crippen molar-refractivity contribution in [3.05, 3.63) is 17.5 Å². The zero-order valence-corrected chi connectivity index (χ0v) is 10.8. The molecule has 18 heavy (non-hydrogen) atoms. The van der Waals surface area contributed by atoms with Crippen LogP contribution in [0.1, 0.15) is 38.1 Å². The maximum atomic E-state index is 11.8. The van der Waals surface area contributed by atoms with Crippen LogP contribution >= 0.6 is 0 Å². The van der Waals surface area contributed by atoms with E-state index >= 15 is 0 Å². The Morgan fingerprint density at radius 3 is 2.67 bits per heavy atom. The van der Waals surface area contributed by atoms with Crippen molar-refractivity contribution in [2.24, 2.45) is 0 Å². The lowest BCUT2D eigenvalue weighted by atomic mass is 9.96. The Bertz CT molecular complexity index is 441. The summed E-state index contributed by atoms with van der Waals surface area (Å²) in [5.41, 5.74) is -0.737. The van der Waals surface area contributed by atoms with Crippen LogP contribution in [-0.2, 0) is 16.0 Å². The number of carbonyl (C=O) groups is 2. The average molecular weight is 254 g/mol. The lowest BCUT2D eigenvalue weighted by Crippen LogP contribution is -2.52. The minimum atomic E-state index is -1.23. The molecule has 0 aliphatic heterocycles. The maximum Gasteiger partial charge on any atom is 0.329 e. The summed E-state index contributed by atoms with van der Waals surface area (Å²) in [5, 5.41) is 15.4. The van der Waals surface area contributed by atoms with E-state index in [0.29, 0.717) is 24.3 Å². The van der Waals surface area contributed by atoms with Gasteiger partial charge in [-0.05, 0) is 20.3 Å². The fraction of sp³-hybridized carbons (Fsp3) is 0.583. The third-order valence-corrected chi connectivity index (χ3v) is 2.66. The number of aryl methyl sites for hydroxylation is 1. The molecule has 2 N–H and O–H groups in total. The van der Waals surface area contributed by atoms with Crippen LogP contribution in [0.4, 0.5) is 0 Å². The molecule has 0 aliphatic rings. The average Bonchev–Trinajstić information content (AvgIpc) is 2.63. The molecule has 1 amide bonds. The van der Waals surface area contributed by atoms with E-state index in [-0.39, 0.29) is 12.3 Å². The van der Waals surface area contributed by atoms with Gasteiger partial charge in [0.1, 0.15) is 11.3 Å². The highest BCUT2D eigenvalue weighted by Gasteiger charge is 2.33. The maximum absolute atomic E-state index is 11.8.